The molecule has 0 spiro atoms. The average molecular weight is 402 g/mol. The highest BCUT2D eigenvalue weighted by Gasteiger charge is 2.23. The van der Waals surface area contributed by atoms with Gasteiger partial charge in [-0.25, -0.2) is 4.79 Å². The van der Waals surface area contributed by atoms with Crippen LogP contribution in [0.1, 0.15) is 52.9 Å². The number of ether oxygens (including phenoxy) is 2. The molecule has 1 heterocycles. The van der Waals surface area contributed by atoms with E-state index in [0.29, 0.717) is 41.2 Å². The summed E-state index contributed by atoms with van der Waals surface area (Å²) in [4.78, 5) is 30.1. The second kappa shape index (κ2) is 10.7. The first-order valence-corrected chi connectivity index (χ1v) is 10.0. The summed E-state index contributed by atoms with van der Waals surface area (Å²) in [6, 6.07) is 7.25. The molecule has 2 N–H and O–H groups in total. The zero-order chi connectivity index (χ0) is 21.4. The maximum absolute atomic E-state index is 12.7. The standard InChI is InChI=1S/C22H31N3O4/c1-6-18-19(22(27)28-5)15(4)20(24-18)21(26)23-16-9-11-17(12-10-16)29-14-13-25(7-2)8-3/h9-12,24H,6-8,13-14H2,1-5H3,(H,23,26). The third kappa shape index (κ3) is 5.60. The Morgan fingerprint density at radius 3 is 2.31 bits per heavy atom. The summed E-state index contributed by atoms with van der Waals surface area (Å²) in [5.41, 5.74) is 2.72. The highest BCUT2D eigenvalue weighted by Crippen LogP contribution is 2.22. The smallest absolute Gasteiger partial charge is 0.339 e. The third-order valence-electron chi connectivity index (χ3n) is 4.98. The molecule has 0 fully saturated rings. The van der Waals surface area contributed by atoms with Crippen LogP contribution in [-0.2, 0) is 11.2 Å². The Balaban J connectivity index is 2.02. The molecule has 2 rings (SSSR count). The van der Waals surface area contributed by atoms with Crippen LogP contribution in [0.2, 0.25) is 0 Å². The first-order chi connectivity index (χ1) is 13.9. The lowest BCUT2D eigenvalue weighted by Gasteiger charge is -2.18. The first-order valence-electron chi connectivity index (χ1n) is 10.0. The minimum absolute atomic E-state index is 0.303. The highest BCUT2D eigenvalue weighted by atomic mass is 16.5. The molecule has 1 amide bonds. The van der Waals surface area contributed by atoms with Gasteiger partial charge in [-0.15, -0.1) is 0 Å². The van der Waals surface area contributed by atoms with Crippen molar-refractivity contribution in [3.8, 4) is 5.75 Å². The Morgan fingerprint density at radius 1 is 1.10 bits per heavy atom. The van der Waals surface area contributed by atoms with Crippen LogP contribution in [0.15, 0.2) is 24.3 Å². The van der Waals surface area contributed by atoms with Gasteiger partial charge in [-0.1, -0.05) is 20.8 Å². The van der Waals surface area contributed by atoms with Gasteiger partial charge in [0.2, 0.25) is 0 Å². The van der Waals surface area contributed by atoms with E-state index in [-0.39, 0.29) is 5.91 Å². The number of H-pyrrole nitrogens is 1. The number of aryl methyl sites for hydroxylation is 1. The van der Waals surface area contributed by atoms with E-state index < -0.39 is 5.97 Å². The number of benzene rings is 1. The number of aromatic amines is 1. The van der Waals surface area contributed by atoms with Gasteiger partial charge in [0.05, 0.1) is 12.7 Å². The number of carbonyl (C=O) groups is 2. The molecule has 7 heteroatoms. The maximum Gasteiger partial charge on any atom is 0.339 e. The molecule has 0 saturated heterocycles. The number of likely N-dealkylation sites (N-methyl/N-ethyl adjacent to an activating group) is 1. The van der Waals surface area contributed by atoms with Gasteiger partial charge < -0.3 is 24.7 Å². The van der Waals surface area contributed by atoms with Crippen LogP contribution in [0.4, 0.5) is 5.69 Å². The van der Waals surface area contributed by atoms with Crippen LogP contribution in [0, 0.1) is 6.92 Å². The van der Waals surface area contributed by atoms with Crippen LogP contribution in [0.3, 0.4) is 0 Å². The summed E-state index contributed by atoms with van der Waals surface area (Å²) in [5, 5.41) is 2.85. The van der Waals surface area contributed by atoms with Gasteiger partial charge in [0.15, 0.2) is 0 Å². The van der Waals surface area contributed by atoms with Crippen molar-refractivity contribution >= 4 is 17.6 Å². The Bertz CT molecular complexity index is 823. The minimum Gasteiger partial charge on any atom is -0.492 e. The molecule has 0 aliphatic heterocycles. The van der Waals surface area contributed by atoms with Crippen LogP contribution in [-0.4, -0.2) is 55.1 Å². The molecule has 2 aromatic rings. The molecule has 0 atom stereocenters. The number of amides is 1. The number of esters is 1. The van der Waals surface area contributed by atoms with E-state index in [2.05, 4.69) is 29.0 Å². The van der Waals surface area contributed by atoms with Gasteiger partial charge in [0.1, 0.15) is 18.1 Å². The molecule has 158 valence electrons. The number of carbonyl (C=O) groups excluding carboxylic acids is 2. The Kier molecular flexibility index (Phi) is 8.27. The number of methoxy groups -OCH3 is 1. The van der Waals surface area contributed by atoms with Gasteiger partial charge >= 0.3 is 5.97 Å². The second-order valence-electron chi connectivity index (χ2n) is 6.68. The molecule has 0 bridgehead atoms. The van der Waals surface area contributed by atoms with Crippen LogP contribution >= 0.6 is 0 Å². The quantitative estimate of drug-likeness (QED) is 0.594. The van der Waals surface area contributed by atoms with Crippen LogP contribution in [0.25, 0.3) is 0 Å². The Hall–Kier alpha value is -2.80. The van der Waals surface area contributed by atoms with E-state index in [1.165, 1.54) is 7.11 Å². The van der Waals surface area contributed by atoms with Gasteiger partial charge in [-0.05, 0) is 56.3 Å². The van der Waals surface area contributed by atoms with Crippen LogP contribution < -0.4 is 10.1 Å². The minimum atomic E-state index is -0.444. The number of hydrogen-bond acceptors (Lipinski definition) is 5. The predicted molar refractivity (Wildman–Crippen MR) is 114 cm³/mol. The molecule has 1 aromatic carbocycles. The largest absolute Gasteiger partial charge is 0.492 e. The number of nitrogens with zero attached hydrogens (tertiary/aromatic N) is 1. The fraction of sp³-hybridized carbons (Fsp3) is 0.455. The van der Waals surface area contributed by atoms with Crippen molar-refractivity contribution in [1.82, 2.24) is 9.88 Å². The molecular formula is C22H31N3O4. The lowest BCUT2D eigenvalue weighted by molar-refractivity contribution is 0.0599. The van der Waals surface area contributed by atoms with Gasteiger partial charge in [-0.3, -0.25) is 4.79 Å². The highest BCUT2D eigenvalue weighted by molar-refractivity contribution is 6.06. The summed E-state index contributed by atoms with van der Waals surface area (Å²) in [5.74, 6) is 0.0101. The maximum atomic E-state index is 12.7. The zero-order valence-corrected chi connectivity index (χ0v) is 17.9. The number of nitrogens with one attached hydrogen (secondary N) is 2. The normalized spacial score (nSPS) is 10.8. The molecule has 0 unspecified atom stereocenters. The van der Waals surface area contributed by atoms with Crippen molar-refractivity contribution < 1.29 is 19.1 Å². The van der Waals surface area contributed by atoms with Crippen LogP contribution in [0.5, 0.6) is 5.75 Å². The SMILES string of the molecule is CCc1[nH]c(C(=O)Nc2ccc(OCCN(CC)CC)cc2)c(C)c1C(=O)OC. The number of hydrogen-bond donors (Lipinski definition) is 2. The first kappa shape index (κ1) is 22.5. The van der Waals surface area contributed by atoms with E-state index in [1.54, 1.807) is 19.1 Å². The number of aromatic nitrogens is 1. The molecule has 1 aromatic heterocycles. The van der Waals surface area contributed by atoms with Gasteiger partial charge in [0.25, 0.3) is 5.91 Å². The summed E-state index contributed by atoms with van der Waals surface area (Å²) in [6.07, 6.45) is 0.595. The van der Waals surface area contributed by atoms with E-state index in [1.807, 2.05) is 19.1 Å². The zero-order valence-electron chi connectivity index (χ0n) is 17.9. The summed E-state index contributed by atoms with van der Waals surface area (Å²) in [7, 11) is 1.33. The fourth-order valence-corrected chi connectivity index (χ4v) is 3.19. The lowest BCUT2D eigenvalue weighted by atomic mass is 10.1. The topological polar surface area (TPSA) is 83.7 Å². The molecule has 0 radical (unpaired) electrons. The summed E-state index contributed by atoms with van der Waals surface area (Å²) < 4.78 is 10.6. The molecule has 0 aliphatic rings. The number of anilines is 1. The summed E-state index contributed by atoms with van der Waals surface area (Å²) in [6.45, 7) is 11.4. The number of rotatable bonds is 10. The lowest BCUT2D eigenvalue weighted by Crippen LogP contribution is -2.27. The molecule has 7 nitrogen and oxygen atoms in total. The van der Waals surface area contributed by atoms with E-state index in [0.717, 1.165) is 25.4 Å². The monoisotopic (exact) mass is 401 g/mol. The van der Waals surface area contributed by atoms with Gasteiger partial charge in [0, 0.05) is 17.9 Å². The molecular weight excluding hydrogens is 370 g/mol. The summed E-state index contributed by atoms with van der Waals surface area (Å²) >= 11 is 0. The van der Waals surface area contributed by atoms with Crippen molar-refractivity contribution in [3.63, 3.8) is 0 Å². The fourth-order valence-electron chi connectivity index (χ4n) is 3.19. The average Bonchev–Trinajstić information content (AvgIpc) is 3.08. The second-order valence-corrected chi connectivity index (χ2v) is 6.68. The Morgan fingerprint density at radius 2 is 1.76 bits per heavy atom. The third-order valence-corrected chi connectivity index (χ3v) is 4.98. The molecule has 0 aliphatic carbocycles. The van der Waals surface area contributed by atoms with Crippen molar-refractivity contribution in [2.45, 2.75) is 34.1 Å². The Labute approximate surface area is 172 Å². The van der Waals surface area contributed by atoms with E-state index in [9.17, 15) is 9.59 Å². The molecule has 29 heavy (non-hydrogen) atoms. The van der Waals surface area contributed by atoms with E-state index >= 15 is 0 Å². The van der Waals surface area contributed by atoms with Crippen molar-refractivity contribution in [1.29, 1.82) is 0 Å². The van der Waals surface area contributed by atoms with Crippen molar-refractivity contribution in [3.05, 3.63) is 46.8 Å². The van der Waals surface area contributed by atoms with Crippen molar-refractivity contribution in [2.24, 2.45) is 0 Å². The van der Waals surface area contributed by atoms with Gasteiger partial charge in [-0.2, -0.15) is 0 Å². The van der Waals surface area contributed by atoms with Crippen molar-refractivity contribution in [2.75, 3.05) is 38.7 Å². The molecule has 0 saturated carbocycles. The predicted octanol–water partition coefficient (Wildman–Crippen LogP) is 3.65. The van der Waals surface area contributed by atoms with E-state index in [4.69, 9.17) is 9.47 Å².